The van der Waals surface area contributed by atoms with Crippen molar-refractivity contribution in [2.24, 2.45) is 5.92 Å². The Bertz CT molecular complexity index is 998. The third-order valence-corrected chi connectivity index (χ3v) is 6.43. The molecule has 148 valence electrons. The number of sulfonamides is 1. The molecule has 0 aromatic heterocycles. The molecule has 2 aromatic rings. The fourth-order valence-electron chi connectivity index (χ4n) is 3.07. The molecule has 0 bridgehead atoms. The quantitative estimate of drug-likeness (QED) is 0.605. The topological polar surface area (TPSA) is 110 Å². The molecule has 0 radical (unpaired) electrons. The van der Waals surface area contributed by atoms with Gasteiger partial charge in [0.1, 0.15) is 5.82 Å². The van der Waals surface area contributed by atoms with Gasteiger partial charge in [-0.05, 0) is 31.0 Å². The van der Waals surface area contributed by atoms with Gasteiger partial charge in [0.2, 0.25) is 15.9 Å². The zero-order valence-corrected chi connectivity index (χ0v) is 15.6. The minimum Gasteiger partial charge on any atom is -0.323 e. The molecule has 0 saturated carbocycles. The molecule has 1 N–H and O–H groups in total. The van der Waals surface area contributed by atoms with Gasteiger partial charge in [0.05, 0.1) is 21.4 Å². The first-order valence-electron chi connectivity index (χ1n) is 8.59. The van der Waals surface area contributed by atoms with Crippen LogP contribution in [0.1, 0.15) is 12.8 Å². The minimum absolute atomic E-state index is 0.0421. The van der Waals surface area contributed by atoms with E-state index < -0.39 is 32.6 Å². The van der Waals surface area contributed by atoms with Crippen LogP contribution in [0, 0.1) is 21.8 Å². The number of amides is 1. The number of nitro benzene ring substituents is 1. The maximum atomic E-state index is 13.9. The van der Waals surface area contributed by atoms with E-state index in [0.717, 1.165) is 18.2 Å². The van der Waals surface area contributed by atoms with Crippen LogP contribution < -0.4 is 5.32 Å². The molecule has 1 fully saturated rings. The zero-order valence-electron chi connectivity index (χ0n) is 14.7. The van der Waals surface area contributed by atoms with Crippen LogP contribution in [0.15, 0.2) is 53.4 Å². The van der Waals surface area contributed by atoms with Crippen LogP contribution in [0.5, 0.6) is 0 Å². The Kier molecular flexibility index (Phi) is 5.71. The van der Waals surface area contributed by atoms with Gasteiger partial charge < -0.3 is 5.32 Å². The van der Waals surface area contributed by atoms with E-state index in [0.29, 0.717) is 12.8 Å². The summed E-state index contributed by atoms with van der Waals surface area (Å²) in [5.74, 6) is -2.07. The van der Waals surface area contributed by atoms with Crippen LogP contribution >= 0.6 is 0 Å². The van der Waals surface area contributed by atoms with E-state index in [1.54, 1.807) is 18.2 Å². The molecule has 1 saturated heterocycles. The van der Waals surface area contributed by atoms with Gasteiger partial charge in [-0.15, -0.1) is 0 Å². The van der Waals surface area contributed by atoms with Crippen molar-refractivity contribution in [3.63, 3.8) is 0 Å². The minimum atomic E-state index is -3.74. The summed E-state index contributed by atoms with van der Waals surface area (Å²) < 4.78 is 40.6. The Balaban J connectivity index is 1.75. The van der Waals surface area contributed by atoms with E-state index >= 15 is 0 Å². The van der Waals surface area contributed by atoms with Crippen LogP contribution in [0.25, 0.3) is 0 Å². The van der Waals surface area contributed by atoms with Gasteiger partial charge in [0.15, 0.2) is 0 Å². The molecule has 1 unspecified atom stereocenters. The third kappa shape index (κ3) is 4.18. The molecular weight excluding hydrogens is 389 g/mol. The Hall–Kier alpha value is -2.85. The second-order valence-electron chi connectivity index (χ2n) is 6.43. The fraction of sp³-hybridized carbons (Fsp3) is 0.278. The number of non-ortho nitro benzene ring substituents is 1. The maximum Gasteiger partial charge on any atom is 0.271 e. The summed E-state index contributed by atoms with van der Waals surface area (Å²) in [5.41, 5.74) is -0.657. The predicted octanol–water partition coefficient (Wildman–Crippen LogP) is 2.77. The lowest BCUT2D eigenvalue weighted by molar-refractivity contribution is -0.384. The average Bonchev–Trinajstić information content (AvgIpc) is 2.70. The number of anilines is 1. The lowest BCUT2D eigenvalue weighted by Crippen LogP contribution is -2.43. The molecule has 1 aliphatic rings. The monoisotopic (exact) mass is 407 g/mol. The van der Waals surface area contributed by atoms with Crippen LogP contribution in [-0.4, -0.2) is 36.6 Å². The first-order chi connectivity index (χ1) is 13.3. The number of nitrogens with one attached hydrogen (secondary N) is 1. The molecule has 1 amide bonds. The molecule has 0 aliphatic carbocycles. The van der Waals surface area contributed by atoms with Gasteiger partial charge in [-0.1, -0.05) is 18.2 Å². The maximum absolute atomic E-state index is 13.9. The standard InChI is InChI=1S/C18H18FN3O5S/c19-16-9-8-14(22(24)25)11-17(16)20-18(23)13-5-4-10-21(12-13)28(26,27)15-6-2-1-3-7-15/h1-3,6-9,11,13H,4-5,10,12H2,(H,20,23). The van der Waals surface area contributed by atoms with Crippen LogP contribution in [0.2, 0.25) is 0 Å². The van der Waals surface area contributed by atoms with Gasteiger partial charge in [0.25, 0.3) is 5.69 Å². The fourth-order valence-corrected chi connectivity index (χ4v) is 4.62. The van der Waals surface area contributed by atoms with E-state index in [1.165, 1.54) is 16.4 Å². The van der Waals surface area contributed by atoms with Gasteiger partial charge in [-0.25, -0.2) is 12.8 Å². The highest BCUT2D eigenvalue weighted by Gasteiger charge is 2.33. The van der Waals surface area contributed by atoms with E-state index in [-0.39, 0.29) is 29.4 Å². The van der Waals surface area contributed by atoms with Gasteiger partial charge in [0, 0.05) is 25.2 Å². The Morgan fingerprint density at radius 3 is 2.61 bits per heavy atom. The third-order valence-electron chi connectivity index (χ3n) is 4.55. The highest BCUT2D eigenvalue weighted by Crippen LogP contribution is 2.26. The summed E-state index contributed by atoms with van der Waals surface area (Å²) in [4.78, 5) is 22.8. The summed E-state index contributed by atoms with van der Waals surface area (Å²) >= 11 is 0. The number of rotatable bonds is 5. The number of carbonyl (C=O) groups is 1. The second kappa shape index (κ2) is 8.03. The van der Waals surface area contributed by atoms with Crippen molar-refractivity contribution in [3.05, 3.63) is 64.5 Å². The summed E-state index contributed by atoms with van der Waals surface area (Å²) in [7, 11) is -3.74. The zero-order chi connectivity index (χ0) is 20.3. The Morgan fingerprint density at radius 2 is 1.93 bits per heavy atom. The van der Waals surface area contributed by atoms with Crippen molar-refractivity contribution in [2.75, 3.05) is 18.4 Å². The lowest BCUT2D eigenvalue weighted by atomic mass is 9.98. The van der Waals surface area contributed by atoms with Crippen molar-refractivity contribution in [2.45, 2.75) is 17.7 Å². The van der Waals surface area contributed by atoms with Crippen molar-refractivity contribution in [3.8, 4) is 0 Å². The number of nitrogens with zero attached hydrogens (tertiary/aromatic N) is 2. The number of halogens is 1. The van der Waals surface area contributed by atoms with Gasteiger partial charge in [-0.2, -0.15) is 4.31 Å². The van der Waals surface area contributed by atoms with Crippen molar-refractivity contribution < 1.29 is 22.5 Å². The summed E-state index contributed by atoms with van der Waals surface area (Å²) in [6.45, 7) is 0.242. The summed E-state index contributed by atoms with van der Waals surface area (Å²) in [5, 5.41) is 13.2. The molecule has 1 aliphatic heterocycles. The van der Waals surface area contributed by atoms with E-state index in [1.807, 2.05) is 0 Å². The van der Waals surface area contributed by atoms with Crippen molar-refractivity contribution in [1.29, 1.82) is 0 Å². The van der Waals surface area contributed by atoms with Gasteiger partial charge >= 0.3 is 0 Å². The van der Waals surface area contributed by atoms with Crippen molar-refractivity contribution in [1.82, 2.24) is 4.31 Å². The first kappa shape index (κ1) is 19.9. The first-order valence-corrected chi connectivity index (χ1v) is 10.0. The smallest absolute Gasteiger partial charge is 0.271 e. The summed E-state index contributed by atoms with van der Waals surface area (Å²) in [6.07, 6.45) is 0.907. The molecule has 0 spiro atoms. The molecule has 1 atom stereocenters. The SMILES string of the molecule is O=C(Nc1cc([N+](=O)[O-])ccc1F)C1CCCN(S(=O)(=O)c2ccccc2)C1. The molecule has 2 aromatic carbocycles. The largest absolute Gasteiger partial charge is 0.323 e. The van der Waals surface area contributed by atoms with E-state index in [2.05, 4.69) is 5.32 Å². The summed E-state index contributed by atoms with van der Waals surface area (Å²) in [6, 6.07) is 10.8. The molecule has 28 heavy (non-hydrogen) atoms. The van der Waals surface area contributed by atoms with Crippen LogP contribution in [0.3, 0.4) is 0 Å². The Morgan fingerprint density at radius 1 is 1.21 bits per heavy atom. The van der Waals surface area contributed by atoms with E-state index in [9.17, 15) is 27.7 Å². The number of hydrogen-bond acceptors (Lipinski definition) is 5. The van der Waals surface area contributed by atoms with Crippen molar-refractivity contribution >= 4 is 27.3 Å². The van der Waals surface area contributed by atoms with Crippen LogP contribution in [0.4, 0.5) is 15.8 Å². The van der Waals surface area contributed by atoms with Crippen LogP contribution in [-0.2, 0) is 14.8 Å². The molecular formula is C18H18FN3O5S. The molecule has 1 heterocycles. The molecule has 3 rings (SSSR count). The average molecular weight is 407 g/mol. The number of nitro groups is 1. The number of hydrogen-bond donors (Lipinski definition) is 1. The van der Waals surface area contributed by atoms with E-state index in [4.69, 9.17) is 0 Å². The molecule has 8 nitrogen and oxygen atoms in total. The second-order valence-corrected chi connectivity index (χ2v) is 8.36. The highest BCUT2D eigenvalue weighted by molar-refractivity contribution is 7.89. The predicted molar refractivity (Wildman–Crippen MR) is 99.6 cm³/mol. The molecule has 10 heteroatoms. The number of carbonyl (C=O) groups excluding carboxylic acids is 1. The normalized spacial score (nSPS) is 17.8. The Labute approximate surface area is 161 Å². The lowest BCUT2D eigenvalue weighted by Gasteiger charge is -2.31. The number of piperidine rings is 1. The van der Waals surface area contributed by atoms with Gasteiger partial charge in [-0.3, -0.25) is 14.9 Å². The number of benzene rings is 2. The highest BCUT2D eigenvalue weighted by atomic mass is 32.2.